The summed E-state index contributed by atoms with van der Waals surface area (Å²) in [7, 11) is 1.66. The summed E-state index contributed by atoms with van der Waals surface area (Å²) < 4.78 is 1.45. The van der Waals surface area contributed by atoms with Crippen LogP contribution in [-0.4, -0.2) is 10.5 Å². The molecule has 0 aliphatic carbocycles. The number of hydrogen-bond acceptors (Lipinski definition) is 3. The number of aryl methyl sites for hydroxylation is 1. The van der Waals surface area contributed by atoms with Crippen LogP contribution >= 0.6 is 11.3 Å². The normalized spacial score (nSPS) is 10.5. The van der Waals surface area contributed by atoms with Crippen molar-refractivity contribution in [2.75, 3.05) is 4.90 Å². The number of para-hydroxylation sites is 1. The highest BCUT2D eigenvalue weighted by atomic mass is 32.1. The summed E-state index contributed by atoms with van der Waals surface area (Å²) in [6, 6.07) is 14.5. The average molecular weight is 324 g/mol. The third kappa shape index (κ3) is 3.40. The molecule has 0 bridgehead atoms. The van der Waals surface area contributed by atoms with E-state index in [-0.39, 0.29) is 11.5 Å². The summed E-state index contributed by atoms with van der Waals surface area (Å²) in [6.07, 6.45) is 1.61. The van der Waals surface area contributed by atoms with Crippen LogP contribution in [0.25, 0.3) is 0 Å². The van der Waals surface area contributed by atoms with E-state index in [1.807, 2.05) is 47.2 Å². The first-order valence-corrected chi connectivity index (χ1v) is 8.14. The maximum atomic E-state index is 12.9. The Hall–Kier alpha value is -2.66. The molecule has 0 saturated carbocycles. The second kappa shape index (κ2) is 6.62. The first-order chi connectivity index (χ1) is 11.1. The van der Waals surface area contributed by atoms with Crippen LogP contribution in [-0.2, 0) is 13.6 Å². The van der Waals surface area contributed by atoms with Crippen LogP contribution in [0.4, 0.5) is 5.69 Å². The average Bonchev–Trinajstić information content (AvgIpc) is 3.08. The predicted molar refractivity (Wildman–Crippen MR) is 93.0 cm³/mol. The van der Waals surface area contributed by atoms with E-state index in [0.717, 1.165) is 11.3 Å². The van der Waals surface area contributed by atoms with Crippen LogP contribution in [0.5, 0.6) is 0 Å². The van der Waals surface area contributed by atoms with Gasteiger partial charge in [-0.25, -0.2) is 0 Å². The number of hydrogen-bond donors (Lipinski definition) is 0. The van der Waals surface area contributed by atoms with Gasteiger partial charge in [0.05, 0.1) is 6.54 Å². The Kier molecular flexibility index (Phi) is 4.39. The lowest BCUT2D eigenvalue weighted by molar-refractivity contribution is 0.0985. The Morgan fingerprint density at radius 2 is 1.96 bits per heavy atom. The van der Waals surface area contributed by atoms with Gasteiger partial charge in [-0.3, -0.25) is 9.59 Å². The van der Waals surface area contributed by atoms with Crippen molar-refractivity contribution in [3.8, 4) is 0 Å². The molecule has 0 radical (unpaired) electrons. The molecule has 1 amide bonds. The van der Waals surface area contributed by atoms with Crippen molar-refractivity contribution in [3.05, 3.63) is 87.0 Å². The van der Waals surface area contributed by atoms with Crippen LogP contribution in [0, 0.1) is 0 Å². The minimum atomic E-state index is -0.195. The van der Waals surface area contributed by atoms with E-state index in [9.17, 15) is 9.59 Å². The van der Waals surface area contributed by atoms with Gasteiger partial charge < -0.3 is 9.47 Å². The second-order valence-electron chi connectivity index (χ2n) is 5.22. The van der Waals surface area contributed by atoms with E-state index in [0.29, 0.717) is 12.1 Å². The highest BCUT2D eigenvalue weighted by Crippen LogP contribution is 2.20. The van der Waals surface area contributed by atoms with Gasteiger partial charge >= 0.3 is 0 Å². The van der Waals surface area contributed by atoms with Crippen molar-refractivity contribution in [1.29, 1.82) is 0 Å². The van der Waals surface area contributed by atoms with Gasteiger partial charge in [-0.1, -0.05) is 18.2 Å². The molecule has 0 N–H and O–H groups in total. The Bertz CT molecular complexity index is 854. The maximum Gasteiger partial charge on any atom is 0.258 e. The summed E-state index contributed by atoms with van der Waals surface area (Å²) in [5, 5.41) is 4.01. The fraction of sp³-hybridized carbons (Fsp3) is 0.111. The summed E-state index contributed by atoms with van der Waals surface area (Å²) in [6.45, 7) is 0.474. The highest BCUT2D eigenvalue weighted by Gasteiger charge is 2.18. The number of aromatic nitrogens is 1. The van der Waals surface area contributed by atoms with Crippen LogP contribution in [0.1, 0.15) is 15.9 Å². The standard InChI is InChI=1S/C18H16N2O2S/c1-19-9-7-15(11-17(19)21)18(22)20(12-14-8-10-23-13-14)16-5-3-2-4-6-16/h2-11,13H,12H2,1H3. The molecule has 3 aromatic rings. The molecule has 0 atom stereocenters. The van der Waals surface area contributed by atoms with Gasteiger partial charge in [-0.15, -0.1) is 0 Å². The van der Waals surface area contributed by atoms with Crippen molar-refractivity contribution in [1.82, 2.24) is 4.57 Å². The Morgan fingerprint density at radius 3 is 2.61 bits per heavy atom. The Labute approximate surface area is 138 Å². The minimum absolute atomic E-state index is 0.180. The molecule has 116 valence electrons. The van der Waals surface area contributed by atoms with Gasteiger partial charge in [0.2, 0.25) is 0 Å². The first kappa shape index (κ1) is 15.2. The fourth-order valence-corrected chi connectivity index (χ4v) is 2.95. The molecular weight excluding hydrogens is 308 g/mol. The number of nitrogens with zero attached hydrogens (tertiary/aromatic N) is 2. The number of amides is 1. The molecule has 3 rings (SSSR count). The number of benzene rings is 1. The molecule has 23 heavy (non-hydrogen) atoms. The second-order valence-corrected chi connectivity index (χ2v) is 6.00. The van der Waals surface area contributed by atoms with Crippen LogP contribution < -0.4 is 10.5 Å². The SMILES string of the molecule is Cn1ccc(C(=O)N(Cc2ccsc2)c2ccccc2)cc1=O. The van der Waals surface area contributed by atoms with Crippen LogP contribution in [0.3, 0.4) is 0 Å². The van der Waals surface area contributed by atoms with Gasteiger partial charge in [0.25, 0.3) is 11.5 Å². The van der Waals surface area contributed by atoms with Crippen molar-refractivity contribution in [3.63, 3.8) is 0 Å². The summed E-state index contributed by atoms with van der Waals surface area (Å²) >= 11 is 1.60. The zero-order valence-electron chi connectivity index (χ0n) is 12.7. The van der Waals surface area contributed by atoms with Crippen molar-refractivity contribution < 1.29 is 4.79 Å². The van der Waals surface area contributed by atoms with Crippen molar-refractivity contribution in [2.45, 2.75) is 6.54 Å². The molecule has 1 aromatic carbocycles. The van der Waals surface area contributed by atoms with E-state index in [1.165, 1.54) is 10.6 Å². The third-order valence-electron chi connectivity index (χ3n) is 3.59. The molecular formula is C18H16N2O2S. The third-order valence-corrected chi connectivity index (χ3v) is 4.32. The number of carbonyl (C=O) groups is 1. The van der Waals surface area contributed by atoms with E-state index in [2.05, 4.69) is 0 Å². The molecule has 0 fully saturated rings. The predicted octanol–water partition coefficient (Wildman–Crippen LogP) is 3.29. The zero-order valence-corrected chi connectivity index (χ0v) is 13.5. The number of thiophene rings is 1. The van der Waals surface area contributed by atoms with Gasteiger partial charge in [-0.2, -0.15) is 11.3 Å². The molecule has 0 saturated heterocycles. The highest BCUT2D eigenvalue weighted by molar-refractivity contribution is 7.07. The van der Waals surface area contributed by atoms with Crippen LogP contribution in [0.15, 0.2) is 70.3 Å². The van der Waals surface area contributed by atoms with Gasteiger partial charge in [0.1, 0.15) is 0 Å². The first-order valence-electron chi connectivity index (χ1n) is 7.20. The monoisotopic (exact) mass is 324 g/mol. The van der Waals surface area contributed by atoms with E-state index >= 15 is 0 Å². The number of rotatable bonds is 4. The van der Waals surface area contributed by atoms with Gasteiger partial charge in [0, 0.05) is 30.6 Å². The molecule has 5 heteroatoms. The number of pyridine rings is 1. The maximum absolute atomic E-state index is 12.9. The molecule has 0 spiro atoms. The number of carbonyl (C=O) groups excluding carboxylic acids is 1. The molecule has 0 aliphatic rings. The lowest BCUT2D eigenvalue weighted by Crippen LogP contribution is -2.31. The summed E-state index contributed by atoms with van der Waals surface area (Å²) in [5.41, 5.74) is 2.08. The van der Waals surface area contributed by atoms with E-state index in [1.54, 1.807) is 35.5 Å². The number of anilines is 1. The molecule has 0 aliphatic heterocycles. The largest absolute Gasteiger partial charge is 0.319 e. The summed E-state index contributed by atoms with van der Waals surface area (Å²) in [5.74, 6) is -0.180. The Balaban J connectivity index is 1.98. The van der Waals surface area contributed by atoms with E-state index < -0.39 is 0 Å². The van der Waals surface area contributed by atoms with Crippen molar-refractivity contribution >= 4 is 22.9 Å². The lowest BCUT2D eigenvalue weighted by atomic mass is 10.2. The topological polar surface area (TPSA) is 42.3 Å². The molecule has 2 heterocycles. The Morgan fingerprint density at radius 1 is 1.17 bits per heavy atom. The van der Waals surface area contributed by atoms with Crippen molar-refractivity contribution in [2.24, 2.45) is 7.05 Å². The fourth-order valence-electron chi connectivity index (χ4n) is 2.29. The summed E-state index contributed by atoms with van der Waals surface area (Å²) in [4.78, 5) is 26.4. The smallest absolute Gasteiger partial charge is 0.258 e. The molecule has 2 aromatic heterocycles. The lowest BCUT2D eigenvalue weighted by Gasteiger charge is -2.22. The zero-order chi connectivity index (χ0) is 16.2. The van der Waals surface area contributed by atoms with E-state index in [4.69, 9.17) is 0 Å². The quantitative estimate of drug-likeness (QED) is 0.739. The molecule has 4 nitrogen and oxygen atoms in total. The van der Waals surface area contributed by atoms with Gasteiger partial charge in [0.15, 0.2) is 0 Å². The van der Waals surface area contributed by atoms with Crippen LogP contribution in [0.2, 0.25) is 0 Å². The molecule has 0 unspecified atom stereocenters. The van der Waals surface area contributed by atoms with Gasteiger partial charge in [-0.05, 0) is 40.6 Å². The minimum Gasteiger partial charge on any atom is -0.319 e.